The largest absolute Gasteiger partial charge is 0.339 e. The topological polar surface area (TPSA) is 58.1 Å². The molecule has 0 spiro atoms. The van der Waals surface area contributed by atoms with Gasteiger partial charge in [0, 0.05) is 17.9 Å². The van der Waals surface area contributed by atoms with Gasteiger partial charge in [0.25, 0.3) is 5.91 Å². The molecule has 0 atom stereocenters. The lowest BCUT2D eigenvalue weighted by molar-refractivity contribution is 0.0984. The first kappa shape index (κ1) is 16.3. The summed E-state index contributed by atoms with van der Waals surface area (Å²) >= 11 is 0. The smallest absolute Gasteiger partial charge is 0.278 e. The van der Waals surface area contributed by atoms with E-state index in [2.05, 4.69) is 21.4 Å². The van der Waals surface area contributed by atoms with Gasteiger partial charge in [-0.05, 0) is 43.0 Å². The number of rotatable bonds is 3. The molecule has 1 N–H and O–H groups in total. The van der Waals surface area contributed by atoms with Gasteiger partial charge in [0.15, 0.2) is 0 Å². The Labute approximate surface area is 152 Å². The van der Waals surface area contributed by atoms with Crippen molar-refractivity contribution in [2.24, 2.45) is 0 Å². The number of anilines is 3. The highest BCUT2D eigenvalue weighted by molar-refractivity contribution is 6.05. The van der Waals surface area contributed by atoms with E-state index in [1.165, 1.54) is 5.56 Å². The van der Waals surface area contributed by atoms with E-state index in [-0.39, 0.29) is 5.91 Å². The SMILES string of the molecule is Cc1cccc(C)c1Nc1cnc(C(=O)N2CCc3ccccc32)cn1. The summed E-state index contributed by atoms with van der Waals surface area (Å²) in [6.07, 6.45) is 4.03. The number of nitrogens with one attached hydrogen (secondary N) is 1. The third-order valence-corrected chi connectivity index (χ3v) is 4.74. The number of carbonyl (C=O) groups is 1. The van der Waals surface area contributed by atoms with Crippen molar-refractivity contribution >= 4 is 23.1 Å². The van der Waals surface area contributed by atoms with E-state index in [4.69, 9.17) is 0 Å². The lowest BCUT2D eigenvalue weighted by atomic mass is 10.1. The Kier molecular flexibility index (Phi) is 4.13. The summed E-state index contributed by atoms with van der Waals surface area (Å²) in [5, 5.41) is 3.29. The van der Waals surface area contributed by atoms with Gasteiger partial charge in [0.05, 0.1) is 12.4 Å². The zero-order chi connectivity index (χ0) is 18.1. The summed E-state index contributed by atoms with van der Waals surface area (Å²) in [5.74, 6) is 0.516. The summed E-state index contributed by atoms with van der Waals surface area (Å²) in [5.41, 5.74) is 5.82. The molecule has 1 aromatic heterocycles. The van der Waals surface area contributed by atoms with Crippen LogP contribution in [0.25, 0.3) is 0 Å². The number of hydrogen-bond acceptors (Lipinski definition) is 4. The molecule has 3 aromatic rings. The molecule has 0 radical (unpaired) electrons. The Hall–Kier alpha value is -3.21. The number of aromatic nitrogens is 2. The molecule has 4 rings (SSSR count). The van der Waals surface area contributed by atoms with Gasteiger partial charge in [-0.2, -0.15) is 0 Å². The maximum absolute atomic E-state index is 12.8. The van der Waals surface area contributed by atoms with Gasteiger partial charge in [0.2, 0.25) is 0 Å². The second-order valence-electron chi connectivity index (χ2n) is 6.51. The number of para-hydroxylation sites is 2. The minimum Gasteiger partial charge on any atom is -0.339 e. The normalized spacial score (nSPS) is 12.8. The lowest BCUT2D eigenvalue weighted by Crippen LogP contribution is -2.29. The highest BCUT2D eigenvalue weighted by atomic mass is 16.2. The van der Waals surface area contributed by atoms with Crippen LogP contribution >= 0.6 is 0 Å². The molecule has 0 unspecified atom stereocenters. The fourth-order valence-corrected chi connectivity index (χ4v) is 3.33. The molecular weight excluding hydrogens is 324 g/mol. The van der Waals surface area contributed by atoms with Gasteiger partial charge in [0.1, 0.15) is 11.5 Å². The Bertz CT molecular complexity index is 946. The van der Waals surface area contributed by atoms with Crippen molar-refractivity contribution in [3.05, 3.63) is 77.2 Å². The van der Waals surface area contributed by atoms with E-state index >= 15 is 0 Å². The van der Waals surface area contributed by atoms with E-state index in [9.17, 15) is 4.79 Å². The lowest BCUT2D eigenvalue weighted by Gasteiger charge is -2.17. The summed E-state index contributed by atoms with van der Waals surface area (Å²) in [7, 11) is 0. The fourth-order valence-electron chi connectivity index (χ4n) is 3.33. The second-order valence-corrected chi connectivity index (χ2v) is 6.51. The highest BCUT2D eigenvalue weighted by Gasteiger charge is 2.26. The monoisotopic (exact) mass is 344 g/mol. The third-order valence-electron chi connectivity index (χ3n) is 4.74. The molecule has 1 amide bonds. The highest BCUT2D eigenvalue weighted by Crippen LogP contribution is 2.28. The number of fused-ring (bicyclic) bond motifs is 1. The quantitative estimate of drug-likeness (QED) is 0.779. The maximum atomic E-state index is 12.8. The van der Waals surface area contributed by atoms with Gasteiger partial charge in [-0.1, -0.05) is 36.4 Å². The molecule has 0 bridgehead atoms. The van der Waals surface area contributed by atoms with E-state index in [1.54, 1.807) is 17.3 Å². The van der Waals surface area contributed by atoms with Crippen molar-refractivity contribution in [3.63, 3.8) is 0 Å². The van der Waals surface area contributed by atoms with E-state index in [1.807, 2.05) is 50.2 Å². The van der Waals surface area contributed by atoms with Crippen LogP contribution in [0.3, 0.4) is 0 Å². The van der Waals surface area contributed by atoms with Gasteiger partial charge in [-0.15, -0.1) is 0 Å². The molecule has 5 nitrogen and oxygen atoms in total. The summed E-state index contributed by atoms with van der Waals surface area (Å²) in [4.78, 5) is 23.3. The van der Waals surface area contributed by atoms with E-state index in [0.717, 1.165) is 28.9 Å². The molecule has 130 valence electrons. The molecule has 1 aliphatic rings. The molecule has 5 heteroatoms. The fraction of sp³-hybridized carbons (Fsp3) is 0.190. The Balaban J connectivity index is 1.54. The number of aryl methyl sites for hydroxylation is 2. The van der Waals surface area contributed by atoms with Crippen LogP contribution in [0.4, 0.5) is 17.2 Å². The molecular formula is C21H20N4O. The summed E-state index contributed by atoms with van der Waals surface area (Å²) < 4.78 is 0. The Morgan fingerprint density at radius 1 is 1.00 bits per heavy atom. The van der Waals surface area contributed by atoms with Crippen LogP contribution in [0.1, 0.15) is 27.2 Å². The molecule has 0 fully saturated rings. The molecule has 1 aliphatic heterocycles. The van der Waals surface area contributed by atoms with Crippen LogP contribution in [0, 0.1) is 13.8 Å². The number of benzene rings is 2. The molecule has 0 saturated heterocycles. The van der Waals surface area contributed by atoms with Gasteiger partial charge in [-0.3, -0.25) is 4.79 Å². The minimum absolute atomic E-state index is 0.110. The molecule has 0 saturated carbocycles. The van der Waals surface area contributed by atoms with Gasteiger partial charge < -0.3 is 10.2 Å². The predicted octanol–water partition coefficient (Wildman–Crippen LogP) is 4.04. The zero-order valence-corrected chi connectivity index (χ0v) is 14.9. The van der Waals surface area contributed by atoms with Crippen molar-refractivity contribution in [2.75, 3.05) is 16.8 Å². The van der Waals surface area contributed by atoms with Crippen LogP contribution in [0.2, 0.25) is 0 Å². The van der Waals surface area contributed by atoms with Gasteiger partial charge >= 0.3 is 0 Å². The molecule has 0 aliphatic carbocycles. The van der Waals surface area contributed by atoms with Crippen molar-refractivity contribution in [1.82, 2.24) is 9.97 Å². The summed E-state index contributed by atoms with van der Waals surface area (Å²) in [6, 6.07) is 14.1. The Morgan fingerprint density at radius 2 is 1.77 bits per heavy atom. The van der Waals surface area contributed by atoms with Crippen molar-refractivity contribution < 1.29 is 4.79 Å². The van der Waals surface area contributed by atoms with E-state index in [0.29, 0.717) is 18.1 Å². The van der Waals surface area contributed by atoms with E-state index < -0.39 is 0 Å². The number of hydrogen-bond donors (Lipinski definition) is 1. The molecule has 2 aromatic carbocycles. The van der Waals surface area contributed by atoms with Crippen LogP contribution in [-0.4, -0.2) is 22.4 Å². The molecule has 26 heavy (non-hydrogen) atoms. The zero-order valence-electron chi connectivity index (χ0n) is 14.9. The maximum Gasteiger partial charge on any atom is 0.278 e. The third kappa shape index (κ3) is 2.92. The first-order valence-electron chi connectivity index (χ1n) is 8.68. The number of carbonyl (C=O) groups excluding carboxylic acids is 1. The minimum atomic E-state index is -0.110. The van der Waals surface area contributed by atoms with Crippen LogP contribution in [-0.2, 0) is 6.42 Å². The standard InChI is InChI=1S/C21H20N4O/c1-14-6-5-7-15(2)20(14)24-19-13-22-17(12-23-19)21(26)25-11-10-16-8-3-4-9-18(16)25/h3-9,12-13H,10-11H2,1-2H3,(H,23,24). The first-order valence-corrected chi connectivity index (χ1v) is 8.68. The van der Waals surface area contributed by atoms with Crippen LogP contribution < -0.4 is 10.2 Å². The number of amides is 1. The average molecular weight is 344 g/mol. The predicted molar refractivity (Wildman–Crippen MR) is 103 cm³/mol. The average Bonchev–Trinajstić information content (AvgIpc) is 3.09. The second kappa shape index (κ2) is 6.59. The first-order chi connectivity index (χ1) is 12.6. The Morgan fingerprint density at radius 3 is 2.50 bits per heavy atom. The van der Waals surface area contributed by atoms with Crippen molar-refractivity contribution in [3.8, 4) is 0 Å². The van der Waals surface area contributed by atoms with Crippen molar-refractivity contribution in [2.45, 2.75) is 20.3 Å². The number of nitrogens with zero attached hydrogens (tertiary/aromatic N) is 3. The van der Waals surface area contributed by atoms with Crippen LogP contribution in [0.15, 0.2) is 54.9 Å². The molecule has 2 heterocycles. The van der Waals surface area contributed by atoms with Crippen LogP contribution in [0.5, 0.6) is 0 Å². The van der Waals surface area contributed by atoms with Crippen molar-refractivity contribution in [1.29, 1.82) is 0 Å². The van der Waals surface area contributed by atoms with Gasteiger partial charge in [-0.25, -0.2) is 9.97 Å². The summed E-state index contributed by atoms with van der Waals surface area (Å²) in [6.45, 7) is 4.78.